The molecule has 0 amide bonds. The summed E-state index contributed by atoms with van der Waals surface area (Å²) in [5, 5.41) is 10.8. The normalized spacial score (nSPS) is 12.5. The summed E-state index contributed by atoms with van der Waals surface area (Å²) in [4.78, 5) is 22.3. The van der Waals surface area contributed by atoms with E-state index in [4.69, 9.17) is 10.5 Å². The number of carbonyl (C=O) groups excluding carboxylic acids is 2. The van der Waals surface area contributed by atoms with Gasteiger partial charge in [-0.15, -0.1) is 0 Å². The SMILES string of the molecule is CC(C)(C)OC(=O)C(CCCCN)C(=O)[O-].[K+]. The van der Waals surface area contributed by atoms with Crippen molar-refractivity contribution < 1.29 is 70.8 Å². The molecule has 1 atom stereocenters. The second-order valence-electron chi connectivity index (χ2n) is 4.69. The van der Waals surface area contributed by atoms with E-state index in [2.05, 4.69) is 0 Å². The molecule has 0 saturated carbocycles. The fourth-order valence-electron chi connectivity index (χ4n) is 1.20. The van der Waals surface area contributed by atoms with Gasteiger partial charge in [-0.2, -0.15) is 0 Å². The second kappa shape index (κ2) is 9.46. The van der Waals surface area contributed by atoms with Crippen molar-refractivity contribution in [3.63, 3.8) is 0 Å². The number of carboxylic acid groups (broad SMARTS) is 1. The van der Waals surface area contributed by atoms with E-state index in [-0.39, 0.29) is 57.8 Å². The van der Waals surface area contributed by atoms with Crippen molar-refractivity contribution >= 4 is 11.9 Å². The molecule has 1 unspecified atom stereocenters. The molecule has 6 heteroatoms. The van der Waals surface area contributed by atoms with Crippen molar-refractivity contribution in [2.24, 2.45) is 11.7 Å². The maximum atomic E-state index is 11.5. The molecule has 5 nitrogen and oxygen atoms in total. The van der Waals surface area contributed by atoms with Gasteiger partial charge in [0.1, 0.15) is 5.60 Å². The number of hydrogen-bond donors (Lipinski definition) is 1. The van der Waals surface area contributed by atoms with Gasteiger partial charge in [0.2, 0.25) is 0 Å². The van der Waals surface area contributed by atoms with Gasteiger partial charge in [-0.3, -0.25) is 4.79 Å². The molecule has 0 radical (unpaired) electrons. The Hall–Kier alpha value is 0.536. The molecule has 0 heterocycles. The van der Waals surface area contributed by atoms with Gasteiger partial charge in [-0.1, -0.05) is 6.42 Å². The quantitative estimate of drug-likeness (QED) is 0.238. The van der Waals surface area contributed by atoms with Crippen molar-refractivity contribution in [2.45, 2.75) is 45.6 Å². The molecule has 0 aromatic carbocycles. The van der Waals surface area contributed by atoms with E-state index in [1.54, 1.807) is 20.8 Å². The van der Waals surface area contributed by atoms with Crippen LogP contribution in [0.1, 0.15) is 40.0 Å². The second-order valence-corrected chi connectivity index (χ2v) is 4.69. The summed E-state index contributed by atoms with van der Waals surface area (Å²) >= 11 is 0. The van der Waals surface area contributed by atoms with E-state index in [1.807, 2.05) is 0 Å². The first-order valence-corrected chi connectivity index (χ1v) is 5.41. The van der Waals surface area contributed by atoms with Crippen LogP contribution in [0.15, 0.2) is 0 Å². The van der Waals surface area contributed by atoms with Crippen molar-refractivity contribution in [3.8, 4) is 0 Å². The predicted molar refractivity (Wildman–Crippen MR) is 57.2 cm³/mol. The summed E-state index contributed by atoms with van der Waals surface area (Å²) in [5.74, 6) is -3.30. The monoisotopic (exact) mass is 269 g/mol. The molecule has 0 aromatic heterocycles. The topological polar surface area (TPSA) is 92.5 Å². The first kappa shape index (κ1) is 19.9. The average Bonchev–Trinajstić information content (AvgIpc) is 2.08. The molecule has 0 bridgehead atoms. The number of hydrogen-bond acceptors (Lipinski definition) is 5. The number of aliphatic carboxylic acids is 1. The van der Waals surface area contributed by atoms with Crippen LogP contribution in [0.3, 0.4) is 0 Å². The Kier molecular flexibility index (Phi) is 11.1. The van der Waals surface area contributed by atoms with Crippen LogP contribution in [0.5, 0.6) is 0 Å². The molecular formula is C11H20KNO4. The molecule has 94 valence electrons. The van der Waals surface area contributed by atoms with Gasteiger partial charge in [0.15, 0.2) is 0 Å². The average molecular weight is 269 g/mol. The molecule has 0 aliphatic heterocycles. The molecule has 0 spiro atoms. The maximum Gasteiger partial charge on any atom is 1.00 e. The summed E-state index contributed by atoms with van der Waals surface area (Å²) < 4.78 is 5.00. The van der Waals surface area contributed by atoms with Crippen LogP contribution in [0.4, 0.5) is 0 Å². The minimum absolute atomic E-state index is 0. The van der Waals surface area contributed by atoms with Crippen LogP contribution in [0.25, 0.3) is 0 Å². The number of rotatable bonds is 6. The Morgan fingerprint density at radius 3 is 2.18 bits per heavy atom. The van der Waals surface area contributed by atoms with E-state index >= 15 is 0 Å². The number of esters is 1. The molecule has 0 aliphatic rings. The standard InChI is InChI=1S/C11H21NO4.K/c1-11(2,3)16-10(15)8(9(13)14)6-4-5-7-12;/h8H,4-7,12H2,1-3H3,(H,13,14);/q;+1/p-1. The first-order chi connectivity index (χ1) is 7.28. The van der Waals surface area contributed by atoms with Gasteiger partial charge in [-0.25, -0.2) is 0 Å². The first-order valence-electron chi connectivity index (χ1n) is 5.41. The van der Waals surface area contributed by atoms with E-state index in [0.717, 1.165) is 0 Å². The number of unbranched alkanes of at least 4 members (excludes halogenated alkanes) is 1. The summed E-state index contributed by atoms with van der Waals surface area (Å²) in [6, 6.07) is 0. The summed E-state index contributed by atoms with van der Waals surface area (Å²) in [7, 11) is 0. The van der Waals surface area contributed by atoms with Crippen molar-refractivity contribution in [3.05, 3.63) is 0 Å². The fraction of sp³-hybridized carbons (Fsp3) is 0.818. The summed E-state index contributed by atoms with van der Waals surface area (Å²) in [5.41, 5.74) is 4.61. The third-order valence-electron chi connectivity index (χ3n) is 1.92. The Balaban J connectivity index is 0. The van der Waals surface area contributed by atoms with E-state index in [0.29, 0.717) is 19.4 Å². The largest absolute Gasteiger partial charge is 1.00 e. The third-order valence-corrected chi connectivity index (χ3v) is 1.92. The van der Waals surface area contributed by atoms with E-state index < -0.39 is 23.5 Å². The molecule has 0 rings (SSSR count). The summed E-state index contributed by atoms with van der Waals surface area (Å²) in [6.45, 7) is 5.56. The van der Waals surface area contributed by atoms with E-state index in [1.165, 1.54) is 0 Å². The Morgan fingerprint density at radius 1 is 1.29 bits per heavy atom. The van der Waals surface area contributed by atoms with Crippen LogP contribution >= 0.6 is 0 Å². The van der Waals surface area contributed by atoms with Crippen molar-refractivity contribution in [1.29, 1.82) is 0 Å². The number of nitrogens with two attached hydrogens (primary N) is 1. The molecule has 2 N–H and O–H groups in total. The number of ether oxygens (including phenoxy) is 1. The number of carboxylic acids is 1. The van der Waals surface area contributed by atoms with Crippen LogP contribution in [0, 0.1) is 5.92 Å². The number of carbonyl (C=O) groups is 2. The van der Waals surface area contributed by atoms with Crippen LogP contribution < -0.4 is 62.2 Å². The third kappa shape index (κ3) is 10.2. The van der Waals surface area contributed by atoms with Gasteiger partial charge in [-0.05, 0) is 40.2 Å². The Morgan fingerprint density at radius 2 is 1.82 bits per heavy atom. The predicted octanol–water partition coefficient (Wildman–Crippen LogP) is -3.17. The minimum Gasteiger partial charge on any atom is -0.549 e. The molecular weight excluding hydrogens is 249 g/mol. The molecule has 0 aliphatic carbocycles. The van der Waals surface area contributed by atoms with Gasteiger partial charge in [0, 0.05) is 0 Å². The van der Waals surface area contributed by atoms with Crippen molar-refractivity contribution in [1.82, 2.24) is 0 Å². The zero-order valence-electron chi connectivity index (χ0n) is 11.1. The maximum absolute atomic E-state index is 11.5. The Labute approximate surface area is 145 Å². The van der Waals surface area contributed by atoms with Crippen LogP contribution in [-0.2, 0) is 14.3 Å². The van der Waals surface area contributed by atoms with Gasteiger partial charge < -0.3 is 20.4 Å². The van der Waals surface area contributed by atoms with Crippen LogP contribution in [0.2, 0.25) is 0 Å². The zero-order chi connectivity index (χ0) is 12.8. The van der Waals surface area contributed by atoms with Crippen LogP contribution in [-0.4, -0.2) is 24.1 Å². The smallest absolute Gasteiger partial charge is 0.549 e. The molecule has 17 heavy (non-hydrogen) atoms. The van der Waals surface area contributed by atoms with Gasteiger partial charge in [0.25, 0.3) is 0 Å². The van der Waals surface area contributed by atoms with Gasteiger partial charge in [0.05, 0.1) is 11.9 Å². The van der Waals surface area contributed by atoms with E-state index in [9.17, 15) is 14.7 Å². The van der Waals surface area contributed by atoms with Gasteiger partial charge >= 0.3 is 57.4 Å². The molecule has 0 aromatic rings. The Bertz CT molecular complexity index is 250. The summed E-state index contributed by atoms with van der Waals surface area (Å²) in [6.07, 6.45) is 1.48. The van der Waals surface area contributed by atoms with Crippen molar-refractivity contribution in [2.75, 3.05) is 6.54 Å². The minimum atomic E-state index is -1.38. The molecule has 0 fully saturated rings. The molecule has 0 saturated heterocycles. The fourth-order valence-corrected chi connectivity index (χ4v) is 1.20. The zero-order valence-corrected chi connectivity index (χ0v) is 14.2.